The summed E-state index contributed by atoms with van der Waals surface area (Å²) in [6, 6.07) is 2.91. The van der Waals surface area contributed by atoms with E-state index in [1.165, 1.54) is 31.3 Å². The fraction of sp³-hybridized carbons (Fsp3) is 0.333. The number of hydrogen-bond acceptors (Lipinski definition) is 5. The third-order valence-electron chi connectivity index (χ3n) is 2.99. The molecule has 1 aromatic rings. The van der Waals surface area contributed by atoms with Crippen molar-refractivity contribution >= 4 is 17.4 Å². The summed E-state index contributed by atoms with van der Waals surface area (Å²) >= 11 is 0. The van der Waals surface area contributed by atoms with Crippen molar-refractivity contribution < 1.29 is 29.3 Å². The SMILES string of the molecule is COc1cc(C(=CC(=O)O)CC(=O)N(C)C)cc(OC)c1O. The minimum absolute atomic E-state index is 0.101. The summed E-state index contributed by atoms with van der Waals surface area (Å²) in [5.74, 6) is -1.36. The van der Waals surface area contributed by atoms with Gasteiger partial charge >= 0.3 is 5.97 Å². The Labute approximate surface area is 128 Å². The Balaban J connectivity index is 3.37. The molecule has 0 unspecified atom stereocenters. The van der Waals surface area contributed by atoms with Crippen LogP contribution in [0.2, 0.25) is 0 Å². The largest absolute Gasteiger partial charge is 0.502 e. The molecule has 0 atom stereocenters. The van der Waals surface area contributed by atoms with Crippen LogP contribution in [0.1, 0.15) is 12.0 Å². The minimum atomic E-state index is -1.17. The van der Waals surface area contributed by atoms with Crippen LogP contribution in [0.3, 0.4) is 0 Å². The monoisotopic (exact) mass is 309 g/mol. The van der Waals surface area contributed by atoms with Crippen LogP contribution in [0.15, 0.2) is 18.2 Å². The zero-order valence-corrected chi connectivity index (χ0v) is 12.9. The number of nitrogens with zero attached hydrogens (tertiary/aromatic N) is 1. The first-order chi connectivity index (χ1) is 10.3. The third kappa shape index (κ3) is 4.15. The van der Waals surface area contributed by atoms with E-state index in [9.17, 15) is 14.7 Å². The molecule has 0 bridgehead atoms. The standard InChI is InChI=1S/C15H19NO6/c1-16(2)13(17)7-10(8-14(18)19)9-5-11(21-3)15(20)12(6-9)22-4/h5-6,8,20H,7H2,1-4H3,(H,18,19). The smallest absolute Gasteiger partial charge is 0.328 e. The number of carboxylic acid groups (broad SMARTS) is 1. The quantitative estimate of drug-likeness (QED) is 0.770. The van der Waals surface area contributed by atoms with Crippen molar-refractivity contribution in [3.63, 3.8) is 0 Å². The number of amides is 1. The molecule has 0 aliphatic rings. The molecule has 1 aromatic carbocycles. The van der Waals surface area contributed by atoms with Gasteiger partial charge in [-0.1, -0.05) is 0 Å². The van der Waals surface area contributed by atoms with E-state index in [0.29, 0.717) is 5.56 Å². The molecule has 7 nitrogen and oxygen atoms in total. The molecule has 0 radical (unpaired) electrons. The van der Waals surface area contributed by atoms with E-state index in [2.05, 4.69) is 0 Å². The summed E-state index contributed by atoms with van der Waals surface area (Å²) in [5, 5.41) is 18.9. The van der Waals surface area contributed by atoms with Gasteiger partial charge in [-0.15, -0.1) is 0 Å². The van der Waals surface area contributed by atoms with Crippen molar-refractivity contribution in [1.29, 1.82) is 0 Å². The number of hydrogen-bond donors (Lipinski definition) is 2. The molecular weight excluding hydrogens is 290 g/mol. The number of aliphatic carboxylic acids is 1. The first-order valence-corrected chi connectivity index (χ1v) is 6.39. The van der Waals surface area contributed by atoms with Gasteiger partial charge in [0.2, 0.25) is 11.7 Å². The molecule has 0 fully saturated rings. The van der Waals surface area contributed by atoms with Crippen molar-refractivity contribution in [3.05, 3.63) is 23.8 Å². The van der Waals surface area contributed by atoms with Crippen LogP contribution in [0.25, 0.3) is 5.57 Å². The van der Waals surface area contributed by atoms with Crippen LogP contribution < -0.4 is 9.47 Å². The highest BCUT2D eigenvalue weighted by Crippen LogP contribution is 2.39. The Morgan fingerprint density at radius 3 is 2.05 bits per heavy atom. The molecule has 0 saturated carbocycles. The van der Waals surface area contributed by atoms with E-state index >= 15 is 0 Å². The molecule has 0 aliphatic heterocycles. The van der Waals surface area contributed by atoms with E-state index in [1.807, 2.05) is 0 Å². The molecule has 2 N–H and O–H groups in total. The van der Waals surface area contributed by atoms with Crippen LogP contribution in [0, 0.1) is 0 Å². The Morgan fingerprint density at radius 2 is 1.68 bits per heavy atom. The number of ether oxygens (including phenoxy) is 2. The van der Waals surface area contributed by atoms with E-state index in [4.69, 9.17) is 14.6 Å². The first-order valence-electron chi connectivity index (χ1n) is 6.39. The number of benzene rings is 1. The highest BCUT2D eigenvalue weighted by atomic mass is 16.5. The maximum atomic E-state index is 11.9. The fourth-order valence-electron chi connectivity index (χ4n) is 1.79. The number of carbonyl (C=O) groups excluding carboxylic acids is 1. The van der Waals surface area contributed by atoms with E-state index in [0.717, 1.165) is 6.08 Å². The number of rotatable bonds is 6. The molecule has 22 heavy (non-hydrogen) atoms. The first kappa shape index (κ1) is 17.4. The average Bonchev–Trinajstić information content (AvgIpc) is 2.46. The Hall–Kier alpha value is -2.70. The lowest BCUT2D eigenvalue weighted by atomic mass is 10.0. The van der Waals surface area contributed by atoms with Gasteiger partial charge in [0.1, 0.15) is 0 Å². The molecule has 7 heteroatoms. The number of aromatic hydroxyl groups is 1. The normalized spacial score (nSPS) is 11.0. The average molecular weight is 309 g/mol. The van der Waals surface area contributed by atoms with Gasteiger partial charge in [-0.3, -0.25) is 4.79 Å². The summed E-state index contributed by atoms with van der Waals surface area (Å²) in [6.45, 7) is 0. The summed E-state index contributed by atoms with van der Waals surface area (Å²) in [6.07, 6.45) is 0.850. The number of methoxy groups -OCH3 is 2. The molecule has 1 rings (SSSR count). The number of phenolic OH excluding ortho intramolecular Hbond substituents is 1. The van der Waals surface area contributed by atoms with Crippen LogP contribution in [-0.4, -0.2) is 55.3 Å². The summed E-state index contributed by atoms with van der Waals surface area (Å²) in [7, 11) is 5.89. The zero-order valence-electron chi connectivity index (χ0n) is 12.9. The van der Waals surface area contributed by atoms with Crippen molar-refractivity contribution in [3.8, 4) is 17.2 Å². The maximum absolute atomic E-state index is 11.9. The van der Waals surface area contributed by atoms with Gasteiger partial charge in [0.15, 0.2) is 11.5 Å². The van der Waals surface area contributed by atoms with Gasteiger partial charge in [0, 0.05) is 20.2 Å². The summed E-state index contributed by atoms with van der Waals surface area (Å²) in [5.41, 5.74) is 0.701. The van der Waals surface area contributed by atoms with Gasteiger partial charge in [-0.05, 0) is 23.3 Å². The minimum Gasteiger partial charge on any atom is -0.502 e. The highest BCUT2D eigenvalue weighted by molar-refractivity contribution is 5.97. The van der Waals surface area contributed by atoms with Gasteiger partial charge < -0.3 is 24.6 Å². The highest BCUT2D eigenvalue weighted by Gasteiger charge is 2.17. The Kier molecular flexibility index (Phi) is 5.80. The Morgan fingerprint density at radius 1 is 1.18 bits per heavy atom. The van der Waals surface area contributed by atoms with Gasteiger partial charge in [-0.25, -0.2) is 4.79 Å². The van der Waals surface area contributed by atoms with Gasteiger partial charge in [-0.2, -0.15) is 0 Å². The number of phenols is 1. The van der Waals surface area contributed by atoms with Crippen molar-refractivity contribution in [2.45, 2.75) is 6.42 Å². The molecule has 120 valence electrons. The summed E-state index contributed by atoms with van der Waals surface area (Å²) < 4.78 is 10.1. The lowest BCUT2D eigenvalue weighted by molar-refractivity contribution is -0.131. The van der Waals surface area contributed by atoms with E-state index < -0.39 is 5.97 Å². The molecule has 0 heterocycles. The molecule has 0 aromatic heterocycles. The van der Waals surface area contributed by atoms with Gasteiger partial charge in [0.05, 0.1) is 20.6 Å². The third-order valence-corrected chi connectivity index (χ3v) is 2.99. The van der Waals surface area contributed by atoms with E-state index in [-0.39, 0.29) is 35.1 Å². The van der Waals surface area contributed by atoms with Crippen LogP contribution >= 0.6 is 0 Å². The lowest BCUT2D eigenvalue weighted by Crippen LogP contribution is -2.21. The molecule has 0 spiro atoms. The molecule has 0 saturated heterocycles. The Bertz CT molecular complexity index is 581. The van der Waals surface area contributed by atoms with E-state index in [1.54, 1.807) is 14.1 Å². The number of carbonyl (C=O) groups is 2. The second kappa shape index (κ2) is 7.35. The molecule has 0 aliphatic carbocycles. The maximum Gasteiger partial charge on any atom is 0.328 e. The zero-order chi connectivity index (χ0) is 16.9. The predicted octanol–water partition coefficient (Wildman–Crippen LogP) is 1.36. The fourth-order valence-corrected chi connectivity index (χ4v) is 1.79. The second-order valence-corrected chi connectivity index (χ2v) is 4.70. The van der Waals surface area contributed by atoms with Crippen molar-refractivity contribution in [1.82, 2.24) is 4.90 Å². The van der Waals surface area contributed by atoms with Crippen molar-refractivity contribution in [2.24, 2.45) is 0 Å². The van der Waals surface area contributed by atoms with Crippen molar-refractivity contribution in [2.75, 3.05) is 28.3 Å². The molecule has 1 amide bonds. The van der Waals surface area contributed by atoms with Crippen LogP contribution in [0.5, 0.6) is 17.2 Å². The topological polar surface area (TPSA) is 96.3 Å². The van der Waals surface area contributed by atoms with Crippen LogP contribution in [0.4, 0.5) is 0 Å². The molecular formula is C15H19NO6. The lowest BCUT2D eigenvalue weighted by Gasteiger charge is -2.15. The van der Waals surface area contributed by atoms with Crippen LogP contribution in [-0.2, 0) is 9.59 Å². The predicted molar refractivity (Wildman–Crippen MR) is 80.1 cm³/mol. The van der Waals surface area contributed by atoms with Gasteiger partial charge in [0.25, 0.3) is 0 Å². The second-order valence-electron chi connectivity index (χ2n) is 4.70. The summed E-state index contributed by atoms with van der Waals surface area (Å²) in [4.78, 5) is 24.2. The number of carboxylic acids is 1.